The number of carbonyl (C=O) groups is 2. The molecule has 0 amide bonds. The Morgan fingerprint density at radius 1 is 0.511 bits per heavy atom. The predicted octanol–water partition coefficient (Wildman–Crippen LogP) is 11.7. The van der Waals surface area contributed by atoms with Gasteiger partial charge in [0.05, 0.1) is 6.61 Å². The maximum atomic E-state index is 12.1. The van der Waals surface area contributed by atoms with Gasteiger partial charge in [0.2, 0.25) is 0 Å². The van der Waals surface area contributed by atoms with E-state index in [2.05, 4.69) is 50.3 Å². The summed E-state index contributed by atoms with van der Waals surface area (Å²) in [5.74, 6) is -0.609. The molecule has 0 fully saturated rings. The molecule has 0 bridgehead atoms. The minimum absolute atomic E-state index is 0.0726. The average Bonchev–Trinajstić information content (AvgIpc) is 3.04. The fourth-order valence-corrected chi connectivity index (χ4v) is 5.22. The Hall–Kier alpha value is -1.88. The number of hydrogen-bond donors (Lipinski definition) is 1. The molecule has 0 saturated heterocycles. The van der Waals surface area contributed by atoms with E-state index in [1.54, 1.807) is 0 Å². The van der Waals surface area contributed by atoms with Crippen LogP contribution in [0.4, 0.5) is 0 Å². The number of esters is 2. The summed E-state index contributed by atoms with van der Waals surface area (Å²) in [7, 11) is 0. The summed E-state index contributed by atoms with van der Waals surface area (Å²) in [5.41, 5.74) is 0. The molecule has 0 radical (unpaired) electrons. The van der Waals surface area contributed by atoms with E-state index in [0.717, 1.165) is 57.8 Å². The maximum absolute atomic E-state index is 12.1. The molecule has 1 unspecified atom stereocenters. The van der Waals surface area contributed by atoms with Crippen molar-refractivity contribution in [2.75, 3.05) is 13.2 Å². The average molecular weight is 633 g/mol. The number of carbonyl (C=O) groups excluding carboxylic acids is 2. The number of aliphatic hydroxyl groups is 1. The van der Waals surface area contributed by atoms with Gasteiger partial charge in [-0.25, -0.2) is 0 Å². The highest BCUT2D eigenvalue weighted by Gasteiger charge is 2.16. The Labute approximate surface area is 278 Å². The third-order valence-corrected chi connectivity index (χ3v) is 8.16. The molecule has 1 N–H and O–H groups in total. The molecule has 45 heavy (non-hydrogen) atoms. The van der Waals surface area contributed by atoms with Crippen LogP contribution in [0.2, 0.25) is 0 Å². The molecular weight excluding hydrogens is 560 g/mol. The maximum Gasteiger partial charge on any atom is 0.306 e. The molecule has 0 aliphatic carbocycles. The number of allylic oxidation sites excluding steroid dienone is 6. The summed E-state index contributed by atoms with van der Waals surface area (Å²) >= 11 is 0. The zero-order valence-corrected chi connectivity index (χ0v) is 29.6. The molecule has 5 heteroatoms. The zero-order chi connectivity index (χ0) is 32.9. The van der Waals surface area contributed by atoms with Crippen LogP contribution in [0.3, 0.4) is 0 Å². The van der Waals surface area contributed by atoms with Crippen LogP contribution in [0.15, 0.2) is 36.5 Å². The summed E-state index contributed by atoms with van der Waals surface area (Å²) in [6.45, 7) is 4.09. The van der Waals surface area contributed by atoms with Gasteiger partial charge in [-0.2, -0.15) is 0 Å². The second kappa shape index (κ2) is 36.6. The second-order valence-corrected chi connectivity index (χ2v) is 12.6. The highest BCUT2D eigenvalue weighted by Crippen LogP contribution is 2.12. The van der Waals surface area contributed by atoms with E-state index in [4.69, 9.17) is 9.47 Å². The zero-order valence-electron chi connectivity index (χ0n) is 29.6. The van der Waals surface area contributed by atoms with Gasteiger partial charge < -0.3 is 14.6 Å². The van der Waals surface area contributed by atoms with Crippen molar-refractivity contribution < 1.29 is 24.2 Å². The van der Waals surface area contributed by atoms with Gasteiger partial charge in [0, 0.05) is 12.8 Å². The van der Waals surface area contributed by atoms with Gasteiger partial charge in [0.1, 0.15) is 6.61 Å². The molecule has 0 aliphatic heterocycles. The van der Waals surface area contributed by atoms with Gasteiger partial charge in [0.25, 0.3) is 0 Å². The fourth-order valence-electron chi connectivity index (χ4n) is 5.22. The molecule has 0 aliphatic rings. The van der Waals surface area contributed by atoms with Crippen molar-refractivity contribution >= 4 is 11.9 Å². The third-order valence-electron chi connectivity index (χ3n) is 8.16. The molecule has 0 spiro atoms. The lowest BCUT2D eigenvalue weighted by atomic mass is 10.1. The van der Waals surface area contributed by atoms with Crippen molar-refractivity contribution in [3.8, 4) is 0 Å². The number of rotatable bonds is 34. The monoisotopic (exact) mass is 633 g/mol. The van der Waals surface area contributed by atoms with Gasteiger partial charge in [-0.3, -0.25) is 9.59 Å². The van der Waals surface area contributed by atoms with Crippen molar-refractivity contribution in [1.29, 1.82) is 0 Å². The SMILES string of the molecule is CCCCCC/C=C\C/C=C\CCCCCCCCCC(=O)OC(CO)COC(=O)CCCCCCC/C=C\CCCCCC. The van der Waals surface area contributed by atoms with Crippen LogP contribution < -0.4 is 0 Å². The van der Waals surface area contributed by atoms with Crippen molar-refractivity contribution in [2.24, 2.45) is 0 Å². The molecule has 0 heterocycles. The number of unbranched alkanes of at least 4 members (excludes halogenated alkanes) is 20. The van der Waals surface area contributed by atoms with Gasteiger partial charge in [-0.15, -0.1) is 0 Å². The molecule has 0 rings (SSSR count). The first-order valence-electron chi connectivity index (χ1n) is 19.0. The van der Waals surface area contributed by atoms with Crippen LogP contribution in [0, 0.1) is 0 Å². The van der Waals surface area contributed by atoms with Crippen LogP contribution in [0.25, 0.3) is 0 Å². The molecular formula is C40H72O5. The van der Waals surface area contributed by atoms with Crippen molar-refractivity contribution in [3.05, 3.63) is 36.5 Å². The first kappa shape index (κ1) is 43.1. The van der Waals surface area contributed by atoms with Crippen LogP contribution >= 0.6 is 0 Å². The Bertz CT molecular complexity index is 726. The molecule has 0 aromatic rings. The Balaban J connectivity index is 3.59. The first-order chi connectivity index (χ1) is 22.1. The number of ether oxygens (including phenoxy) is 2. The molecule has 262 valence electrons. The van der Waals surface area contributed by atoms with Gasteiger partial charge in [-0.05, 0) is 70.6 Å². The number of hydrogen-bond acceptors (Lipinski definition) is 5. The standard InChI is InChI=1S/C40H72O5/c1-3-5-7-9-11-13-15-17-18-19-20-21-23-25-27-29-31-33-35-40(43)45-38(36-41)37-44-39(42)34-32-30-28-26-24-22-16-14-12-10-8-6-4-2/h13-16,18-19,38,41H,3-12,17,20-37H2,1-2H3/b15-13-,16-14-,19-18-. The largest absolute Gasteiger partial charge is 0.462 e. The quantitative estimate of drug-likeness (QED) is 0.0434. The van der Waals surface area contributed by atoms with E-state index < -0.39 is 6.10 Å². The Morgan fingerprint density at radius 2 is 0.889 bits per heavy atom. The minimum Gasteiger partial charge on any atom is -0.462 e. The molecule has 1 atom stereocenters. The van der Waals surface area contributed by atoms with E-state index in [9.17, 15) is 14.7 Å². The summed E-state index contributed by atoms with van der Waals surface area (Å²) in [6.07, 6.45) is 43.4. The van der Waals surface area contributed by atoms with Crippen LogP contribution in [-0.4, -0.2) is 36.4 Å². The van der Waals surface area contributed by atoms with E-state index in [1.807, 2.05) is 0 Å². The Morgan fingerprint density at radius 3 is 1.33 bits per heavy atom. The predicted molar refractivity (Wildman–Crippen MR) is 191 cm³/mol. The topological polar surface area (TPSA) is 72.8 Å². The number of aliphatic hydroxyl groups excluding tert-OH is 1. The third kappa shape index (κ3) is 34.8. The summed E-state index contributed by atoms with van der Waals surface area (Å²) < 4.78 is 10.6. The lowest BCUT2D eigenvalue weighted by Gasteiger charge is -2.15. The summed E-state index contributed by atoms with van der Waals surface area (Å²) in [6, 6.07) is 0. The van der Waals surface area contributed by atoms with Crippen molar-refractivity contribution in [2.45, 2.75) is 193 Å². The van der Waals surface area contributed by atoms with Crippen LogP contribution in [0.1, 0.15) is 187 Å². The summed E-state index contributed by atoms with van der Waals surface area (Å²) in [5, 5.41) is 9.53. The minimum atomic E-state index is -0.776. The van der Waals surface area contributed by atoms with E-state index in [-0.39, 0.29) is 25.2 Å². The molecule has 0 aromatic heterocycles. The van der Waals surface area contributed by atoms with Crippen LogP contribution in [-0.2, 0) is 19.1 Å². The highest BCUT2D eigenvalue weighted by atomic mass is 16.6. The van der Waals surface area contributed by atoms with Gasteiger partial charge in [-0.1, -0.05) is 140 Å². The lowest BCUT2D eigenvalue weighted by Crippen LogP contribution is -2.28. The fraction of sp³-hybridized carbons (Fsp3) is 0.800. The highest BCUT2D eigenvalue weighted by molar-refractivity contribution is 5.70. The van der Waals surface area contributed by atoms with E-state index >= 15 is 0 Å². The molecule has 0 saturated carbocycles. The first-order valence-corrected chi connectivity index (χ1v) is 19.0. The second-order valence-electron chi connectivity index (χ2n) is 12.6. The lowest BCUT2D eigenvalue weighted by molar-refractivity contribution is -0.161. The Kier molecular flexibility index (Phi) is 35.1. The van der Waals surface area contributed by atoms with Gasteiger partial charge >= 0.3 is 11.9 Å². The van der Waals surface area contributed by atoms with Crippen molar-refractivity contribution in [1.82, 2.24) is 0 Å². The molecule has 0 aromatic carbocycles. The normalized spacial score (nSPS) is 12.5. The van der Waals surface area contributed by atoms with Crippen molar-refractivity contribution in [3.63, 3.8) is 0 Å². The van der Waals surface area contributed by atoms with E-state index in [0.29, 0.717) is 12.8 Å². The van der Waals surface area contributed by atoms with Gasteiger partial charge in [0.15, 0.2) is 6.10 Å². The van der Waals surface area contributed by atoms with E-state index in [1.165, 1.54) is 103 Å². The van der Waals surface area contributed by atoms with Crippen LogP contribution in [0.5, 0.6) is 0 Å². The smallest absolute Gasteiger partial charge is 0.306 e. The molecule has 5 nitrogen and oxygen atoms in total. The summed E-state index contributed by atoms with van der Waals surface area (Å²) in [4.78, 5) is 24.2.